The normalized spacial score (nSPS) is 10.1. The van der Waals surface area contributed by atoms with Crippen LogP contribution in [-0.2, 0) is 4.79 Å². The van der Waals surface area contributed by atoms with E-state index in [-0.39, 0.29) is 6.41 Å². The van der Waals surface area contributed by atoms with Gasteiger partial charge in [-0.3, -0.25) is 4.79 Å². The van der Waals surface area contributed by atoms with E-state index < -0.39 is 0 Å². The first-order valence-corrected chi connectivity index (χ1v) is 8.83. The zero-order chi connectivity index (χ0) is 19.2. The van der Waals surface area contributed by atoms with Crippen molar-refractivity contribution in [2.24, 2.45) is 5.73 Å². The summed E-state index contributed by atoms with van der Waals surface area (Å²) in [6.07, 6.45) is 0.250. The van der Waals surface area contributed by atoms with Crippen LogP contribution in [0.1, 0.15) is 11.1 Å². The summed E-state index contributed by atoms with van der Waals surface area (Å²) in [6, 6.07) is 27.4. The van der Waals surface area contributed by atoms with Crippen molar-refractivity contribution in [3.8, 4) is 22.4 Å². The predicted molar refractivity (Wildman–Crippen MR) is 112 cm³/mol. The molecular weight excluding hydrogens is 332 g/mol. The Morgan fingerprint density at radius 3 is 1.93 bits per heavy atom. The second-order valence-electron chi connectivity index (χ2n) is 6.30. The molecule has 0 fully saturated rings. The number of amides is 1. The predicted octanol–water partition coefficient (Wildman–Crippen LogP) is 5.29. The average molecular weight is 354 g/mol. The highest BCUT2D eigenvalue weighted by Crippen LogP contribution is 2.37. The van der Waals surface area contributed by atoms with E-state index in [1.54, 1.807) is 0 Å². The van der Waals surface area contributed by atoms with Crippen molar-refractivity contribution in [2.75, 3.05) is 0 Å². The maximum atomic E-state index is 8.58. The number of nitrogens with zero attached hydrogens (tertiary/aromatic N) is 1. The third-order valence-electron chi connectivity index (χ3n) is 4.58. The van der Waals surface area contributed by atoms with Gasteiger partial charge in [-0.05, 0) is 36.6 Å². The molecule has 0 aliphatic carbocycles. The summed E-state index contributed by atoms with van der Waals surface area (Å²) in [5.74, 6) is 0. The van der Waals surface area contributed by atoms with E-state index in [4.69, 9.17) is 9.78 Å². The lowest BCUT2D eigenvalue weighted by atomic mass is 9.91. The van der Waals surface area contributed by atoms with Gasteiger partial charge in [0.25, 0.3) is 0 Å². The van der Waals surface area contributed by atoms with Crippen molar-refractivity contribution >= 4 is 17.3 Å². The summed E-state index contributed by atoms with van der Waals surface area (Å²) in [6.45, 7) is 4.37. The number of hydrogen-bond acceptors (Lipinski definition) is 2. The van der Waals surface area contributed by atoms with Gasteiger partial charge >= 0.3 is 0 Å². The largest absolute Gasteiger partial charge is 0.372 e. The van der Waals surface area contributed by atoms with Gasteiger partial charge in [-0.1, -0.05) is 72.8 Å². The molecule has 134 valence electrons. The summed E-state index contributed by atoms with van der Waals surface area (Å²) >= 11 is 0. The van der Waals surface area contributed by atoms with Crippen LogP contribution in [0.3, 0.4) is 0 Å². The standard InChI is InChI=1S/C23H19N.CH3NO/c1-16-10-9-15-20-21(16)17(2)22(18-11-5-3-6-12-18)23(24-20)19-13-7-4-8-14-19;2-1-3/h3-15H,1-2H3;1H,(H2,2,3). The quantitative estimate of drug-likeness (QED) is 0.497. The molecule has 3 nitrogen and oxygen atoms in total. The van der Waals surface area contributed by atoms with E-state index >= 15 is 0 Å². The summed E-state index contributed by atoms with van der Waals surface area (Å²) in [4.78, 5) is 13.6. The Morgan fingerprint density at radius 1 is 0.778 bits per heavy atom. The van der Waals surface area contributed by atoms with Gasteiger partial charge in [0, 0.05) is 16.5 Å². The molecule has 1 aromatic heterocycles. The highest BCUT2D eigenvalue weighted by Gasteiger charge is 2.16. The molecule has 0 aliphatic heterocycles. The molecule has 0 bridgehead atoms. The molecule has 1 amide bonds. The van der Waals surface area contributed by atoms with Crippen molar-refractivity contribution in [3.63, 3.8) is 0 Å². The number of aromatic nitrogens is 1. The first-order chi connectivity index (χ1) is 13.2. The van der Waals surface area contributed by atoms with Gasteiger partial charge in [0.2, 0.25) is 6.41 Å². The molecule has 0 unspecified atom stereocenters. The van der Waals surface area contributed by atoms with Crippen LogP contribution in [0.4, 0.5) is 0 Å². The molecular formula is C24H22N2O. The van der Waals surface area contributed by atoms with Crippen LogP contribution in [0.2, 0.25) is 0 Å². The molecule has 0 saturated carbocycles. The van der Waals surface area contributed by atoms with Crippen molar-refractivity contribution < 1.29 is 4.79 Å². The Kier molecular flexibility index (Phi) is 5.62. The van der Waals surface area contributed by atoms with E-state index in [1.165, 1.54) is 27.6 Å². The zero-order valence-corrected chi connectivity index (χ0v) is 15.5. The summed E-state index contributed by atoms with van der Waals surface area (Å²) in [7, 11) is 0. The average Bonchev–Trinajstić information content (AvgIpc) is 2.70. The minimum atomic E-state index is 0.250. The third-order valence-corrected chi connectivity index (χ3v) is 4.58. The Balaban J connectivity index is 0.000000659. The fourth-order valence-electron chi connectivity index (χ4n) is 3.48. The fraction of sp³-hybridized carbons (Fsp3) is 0.0833. The summed E-state index contributed by atoms with van der Waals surface area (Å²) in [5.41, 5.74) is 12.4. The lowest BCUT2D eigenvalue weighted by Crippen LogP contribution is -1.96. The van der Waals surface area contributed by atoms with Gasteiger partial charge in [0.15, 0.2) is 0 Å². The van der Waals surface area contributed by atoms with Gasteiger partial charge in [-0.15, -0.1) is 0 Å². The molecule has 3 heteroatoms. The van der Waals surface area contributed by atoms with Gasteiger partial charge in [0.1, 0.15) is 0 Å². The lowest BCUT2D eigenvalue weighted by Gasteiger charge is -2.16. The summed E-state index contributed by atoms with van der Waals surface area (Å²) < 4.78 is 0. The summed E-state index contributed by atoms with van der Waals surface area (Å²) in [5, 5.41) is 1.26. The number of carbonyl (C=O) groups excluding carboxylic acids is 1. The second-order valence-corrected chi connectivity index (χ2v) is 6.30. The fourth-order valence-corrected chi connectivity index (χ4v) is 3.48. The van der Waals surface area contributed by atoms with E-state index in [0.29, 0.717) is 0 Å². The van der Waals surface area contributed by atoms with Gasteiger partial charge in [-0.25, -0.2) is 4.98 Å². The maximum Gasteiger partial charge on any atom is 0.204 e. The van der Waals surface area contributed by atoms with E-state index in [2.05, 4.69) is 92.4 Å². The van der Waals surface area contributed by atoms with Gasteiger partial charge in [0.05, 0.1) is 11.2 Å². The van der Waals surface area contributed by atoms with Crippen molar-refractivity contribution in [1.29, 1.82) is 0 Å². The first kappa shape index (κ1) is 18.3. The Labute approximate surface area is 159 Å². The number of rotatable bonds is 2. The van der Waals surface area contributed by atoms with E-state index in [0.717, 1.165) is 16.8 Å². The molecule has 0 radical (unpaired) electrons. The molecule has 0 aliphatic rings. The molecule has 0 saturated heterocycles. The van der Waals surface area contributed by atoms with Crippen LogP contribution in [0, 0.1) is 13.8 Å². The highest BCUT2D eigenvalue weighted by molar-refractivity contribution is 5.97. The number of aryl methyl sites for hydroxylation is 2. The SMILES string of the molecule is Cc1cccc2nc(-c3ccccc3)c(-c3ccccc3)c(C)c12.NC=O. The number of benzene rings is 3. The Morgan fingerprint density at radius 2 is 1.33 bits per heavy atom. The van der Waals surface area contributed by atoms with Crippen LogP contribution in [0.25, 0.3) is 33.3 Å². The van der Waals surface area contributed by atoms with E-state index in [1.807, 2.05) is 6.07 Å². The molecule has 0 spiro atoms. The molecule has 2 N–H and O–H groups in total. The van der Waals surface area contributed by atoms with Crippen LogP contribution < -0.4 is 5.73 Å². The van der Waals surface area contributed by atoms with Gasteiger partial charge < -0.3 is 5.73 Å². The minimum Gasteiger partial charge on any atom is -0.372 e. The Bertz CT molecular complexity index is 1060. The smallest absolute Gasteiger partial charge is 0.204 e. The van der Waals surface area contributed by atoms with Gasteiger partial charge in [-0.2, -0.15) is 0 Å². The van der Waals surface area contributed by atoms with Crippen molar-refractivity contribution in [3.05, 3.63) is 90.0 Å². The van der Waals surface area contributed by atoms with Crippen LogP contribution in [0.5, 0.6) is 0 Å². The molecule has 4 rings (SSSR count). The maximum absolute atomic E-state index is 8.58. The molecule has 4 aromatic rings. The monoisotopic (exact) mass is 354 g/mol. The number of fused-ring (bicyclic) bond motifs is 1. The third kappa shape index (κ3) is 3.72. The number of hydrogen-bond donors (Lipinski definition) is 1. The first-order valence-electron chi connectivity index (χ1n) is 8.83. The topological polar surface area (TPSA) is 56.0 Å². The number of pyridine rings is 1. The number of carbonyl (C=O) groups is 1. The zero-order valence-electron chi connectivity index (χ0n) is 15.5. The van der Waals surface area contributed by atoms with Crippen LogP contribution in [0.15, 0.2) is 78.9 Å². The van der Waals surface area contributed by atoms with Crippen LogP contribution in [-0.4, -0.2) is 11.4 Å². The molecule has 1 heterocycles. The number of nitrogens with two attached hydrogens (primary N) is 1. The minimum absolute atomic E-state index is 0.250. The Hall–Kier alpha value is -3.46. The molecule has 0 atom stereocenters. The second kappa shape index (κ2) is 8.28. The molecule has 27 heavy (non-hydrogen) atoms. The highest BCUT2D eigenvalue weighted by atomic mass is 16.1. The van der Waals surface area contributed by atoms with Crippen molar-refractivity contribution in [2.45, 2.75) is 13.8 Å². The van der Waals surface area contributed by atoms with E-state index in [9.17, 15) is 0 Å². The lowest BCUT2D eigenvalue weighted by molar-refractivity contribution is -0.106. The molecule has 3 aromatic carbocycles. The van der Waals surface area contributed by atoms with Crippen LogP contribution >= 0.6 is 0 Å². The number of primary amides is 1. The van der Waals surface area contributed by atoms with Crippen molar-refractivity contribution in [1.82, 2.24) is 4.98 Å².